The van der Waals surface area contributed by atoms with Gasteiger partial charge in [-0.05, 0) is 82.3 Å². The van der Waals surface area contributed by atoms with Crippen LogP contribution in [0.15, 0.2) is 176 Å². The molecule has 0 radical (unpaired) electrons. The summed E-state index contributed by atoms with van der Waals surface area (Å²) in [6.45, 7) is 15.3. The van der Waals surface area contributed by atoms with Gasteiger partial charge >= 0.3 is 0 Å². The Kier molecular flexibility index (Phi) is 7.04. The lowest BCUT2D eigenvalue weighted by molar-refractivity contribution is 1.12. The standard InChI is InChI=1S/C60H47BN2Si3/c1-64(2,3)39-32-44-45-33-40(65(4,5)6)35-52-58(45)63-57(44)47(34-39)61-54-41-24-14-13-23-38(41)31-46-53(36-19-9-7-10-20-36)56(37-21-11-8-12-22-37)62(59(46)54)48-29-30-51(60(63)55(48)61)66(52)49-27-17-15-25-42(49)43-26-16-18-28-50(43)66/h7-35H,1-6H3. The minimum atomic E-state index is -2.93. The van der Waals surface area contributed by atoms with Gasteiger partial charge in [-0.1, -0.05) is 213 Å². The van der Waals surface area contributed by atoms with E-state index in [1.807, 2.05) is 0 Å². The molecule has 66 heavy (non-hydrogen) atoms. The lowest BCUT2D eigenvalue weighted by atomic mass is 9.33. The van der Waals surface area contributed by atoms with Crippen LogP contribution in [0.3, 0.4) is 0 Å². The summed E-state index contributed by atoms with van der Waals surface area (Å²) in [5, 5.41) is 16.2. The molecule has 2 aromatic heterocycles. The summed E-state index contributed by atoms with van der Waals surface area (Å²) in [5.74, 6) is 0. The molecule has 11 aromatic rings. The van der Waals surface area contributed by atoms with E-state index in [0.29, 0.717) is 0 Å². The molecule has 0 atom stereocenters. The molecule has 312 valence electrons. The molecule has 0 unspecified atom stereocenters. The molecule has 0 aliphatic carbocycles. The Bertz CT molecular complexity index is 3970. The molecule has 0 saturated carbocycles. The van der Waals surface area contributed by atoms with Gasteiger partial charge < -0.3 is 9.13 Å². The van der Waals surface area contributed by atoms with Crippen LogP contribution in [-0.2, 0) is 0 Å². The van der Waals surface area contributed by atoms with Crippen LogP contribution >= 0.6 is 0 Å². The zero-order valence-corrected chi connectivity index (χ0v) is 41.2. The first-order chi connectivity index (χ1) is 32.0. The number of hydrogen-bond acceptors (Lipinski definition) is 0. The molecule has 9 aromatic carbocycles. The first kappa shape index (κ1) is 37.5. The van der Waals surface area contributed by atoms with Crippen LogP contribution in [0.5, 0.6) is 0 Å². The number of nitrogens with zero attached hydrogens (tertiary/aromatic N) is 2. The van der Waals surface area contributed by atoms with Gasteiger partial charge in [-0.15, -0.1) is 0 Å². The fourth-order valence-electron chi connectivity index (χ4n) is 13.4. The van der Waals surface area contributed by atoms with Crippen LogP contribution in [0.2, 0.25) is 39.3 Å². The minimum Gasteiger partial charge on any atom is -0.310 e. The Morgan fingerprint density at radius 3 is 1.70 bits per heavy atom. The average molecular weight is 891 g/mol. The first-order valence-electron chi connectivity index (χ1n) is 23.8. The van der Waals surface area contributed by atoms with Crippen LogP contribution in [0.4, 0.5) is 0 Å². The maximum Gasteiger partial charge on any atom is 0.252 e. The highest BCUT2D eigenvalue weighted by molar-refractivity contribution is 7.24. The van der Waals surface area contributed by atoms with Crippen molar-refractivity contribution in [3.05, 3.63) is 176 Å². The van der Waals surface area contributed by atoms with Crippen LogP contribution in [0, 0.1) is 0 Å². The van der Waals surface area contributed by atoms with Crippen molar-refractivity contribution < 1.29 is 0 Å². The second-order valence-corrected chi connectivity index (χ2v) is 35.4. The van der Waals surface area contributed by atoms with Crippen molar-refractivity contribution in [2.75, 3.05) is 0 Å². The predicted molar refractivity (Wildman–Crippen MR) is 293 cm³/mol. The quantitative estimate of drug-likeness (QED) is 0.156. The van der Waals surface area contributed by atoms with E-state index in [1.54, 1.807) is 31.1 Å². The van der Waals surface area contributed by atoms with Gasteiger partial charge in [-0.25, -0.2) is 0 Å². The van der Waals surface area contributed by atoms with Gasteiger partial charge in [0.05, 0.1) is 32.9 Å². The molecule has 0 amide bonds. The summed E-state index contributed by atoms with van der Waals surface area (Å²) in [4.78, 5) is 0. The van der Waals surface area contributed by atoms with Crippen molar-refractivity contribution in [2.45, 2.75) is 39.3 Å². The van der Waals surface area contributed by atoms with E-state index >= 15 is 0 Å². The van der Waals surface area contributed by atoms with E-state index in [0.717, 1.165) is 0 Å². The van der Waals surface area contributed by atoms with Gasteiger partial charge in [-0.2, -0.15) is 0 Å². The molecule has 15 rings (SSSR count). The molecule has 0 bridgehead atoms. The van der Waals surface area contributed by atoms with Crippen molar-refractivity contribution in [1.82, 2.24) is 9.13 Å². The molecule has 6 heterocycles. The summed E-state index contributed by atoms with van der Waals surface area (Å²) in [6.07, 6.45) is 0. The van der Waals surface area contributed by atoms with Crippen LogP contribution in [-0.4, -0.2) is 40.1 Å². The lowest BCUT2D eigenvalue weighted by Crippen LogP contribution is -2.77. The average Bonchev–Trinajstić information content (AvgIpc) is 3.96. The molecule has 2 nitrogen and oxygen atoms in total. The lowest BCUT2D eigenvalue weighted by Gasteiger charge is -2.43. The molecule has 6 heteroatoms. The monoisotopic (exact) mass is 890 g/mol. The van der Waals surface area contributed by atoms with Gasteiger partial charge in [0.25, 0.3) is 6.71 Å². The largest absolute Gasteiger partial charge is 0.310 e. The normalized spacial score (nSPS) is 14.6. The maximum atomic E-state index is 2.83. The second kappa shape index (κ2) is 12.4. The van der Waals surface area contributed by atoms with E-state index in [1.165, 1.54) is 105 Å². The van der Waals surface area contributed by atoms with Crippen LogP contribution in [0.25, 0.3) is 88.4 Å². The zero-order chi connectivity index (χ0) is 44.2. The number of fused-ring (bicyclic) bond motifs is 13. The fraction of sp³-hybridized carbons (Fsp3) is 0.100. The molecule has 0 N–H and O–H groups in total. The highest BCUT2D eigenvalue weighted by Crippen LogP contribution is 2.47. The van der Waals surface area contributed by atoms with E-state index in [2.05, 4.69) is 224 Å². The Morgan fingerprint density at radius 2 is 1.02 bits per heavy atom. The van der Waals surface area contributed by atoms with Gasteiger partial charge in [0.15, 0.2) is 8.07 Å². The third-order valence-corrected chi connectivity index (χ3v) is 25.1. The molecule has 0 fully saturated rings. The Balaban J connectivity index is 1.24. The molecule has 0 saturated heterocycles. The van der Waals surface area contributed by atoms with E-state index in [4.69, 9.17) is 0 Å². The summed E-state index contributed by atoms with van der Waals surface area (Å²) < 4.78 is 5.56. The Hall–Kier alpha value is -6.70. The van der Waals surface area contributed by atoms with Crippen molar-refractivity contribution in [2.24, 2.45) is 0 Å². The summed E-state index contributed by atoms with van der Waals surface area (Å²) in [7, 11) is -6.58. The highest BCUT2D eigenvalue weighted by atomic mass is 28.3. The summed E-state index contributed by atoms with van der Waals surface area (Å²) in [5.41, 5.74) is 19.3. The SMILES string of the molecule is C[Si](C)(C)c1cc2c3c(c1)c1cc([Si](C)(C)C)cc4c1n3-c1c(ccc3c1B2c1c2ccccc2cc2c(-c5ccccc5)c(-c5ccccc5)n-3c12)[Si]41c2ccccc2-c2ccccc21. The van der Waals surface area contributed by atoms with Crippen LogP contribution < -0.4 is 47.5 Å². The number of benzene rings is 9. The van der Waals surface area contributed by atoms with Crippen LogP contribution in [0.1, 0.15) is 0 Å². The maximum absolute atomic E-state index is 2.93. The molecular formula is C60H47BN2Si3. The highest BCUT2D eigenvalue weighted by Gasteiger charge is 2.56. The number of aromatic nitrogens is 2. The summed E-state index contributed by atoms with van der Waals surface area (Å²) >= 11 is 0. The molecular weight excluding hydrogens is 844 g/mol. The van der Waals surface area contributed by atoms with Crippen molar-refractivity contribution >= 4 is 122 Å². The number of hydrogen-bond donors (Lipinski definition) is 0. The molecule has 4 aliphatic heterocycles. The van der Waals surface area contributed by atoms with Gasteiger partial charge in [0.1, 0.15) is 0 Å². The van der Waals surface area contributed by atoms with E-state index in [-0.39, 0.29) is 6.71 Å². The third kappa shape index (κ3) is 4.39. The number of rotatable bonds is 4. The summed E-state index contributed by atoms with van der Waals surface area (Å²) in [6, 6.07) is 69.3. The van der Waals surface area contributed by atoms with E-state index < -0.39 is 24.2 Å². The Labute approximate surface area is 388 Å². The van der Waals surface area contributed by atoms with Crippen molar-refractivity contribution in [3.63, 3.8) is 0 Å². The van der Waals surface area contributed by atoms with E-state index in [9.17, 15) is 0 Å². The smallest absolute Gasteiger partial charge is 0.252 e. The predicted octanol–water partition coefficient (Wildman–Crippen LogP) is 9.12. The van der Waals surface area contributed by atoms with Crippen molar-refractivity contribution in [3.8, 4) is 44.9 Å². The van der Waals surface area contributed by atoms with Gasteiger partial charge in [0.2, 0.25) is 0 Å². The second-order valence-electron chi connectivity index (χ2n) is 21.6. The topological polar surface area (TPSA) is 9.86 Å². The fourth-order valence-corrected chi connectivity index (χ4v) is 21.4. The zero-order valence-electron chi connectivity index (χ0n) is 38.2. The third-order valence-electron chi connectivity index (χ3n) is 16.2. The van der Waals surface area contributed by atoms with Crippen molar-refractivity contribution in [1.29, 1.82) is 0 Å². The van der Waals surface area contributed by atoms with Gasteiger partial charge in [-0.3, -0.25) is 0 Å². The molecule has 1 spiro atoms. The Morgan fingerprint density at radius 1 is 0.424 bits per heavy atom. The molecule has 4 aliphatic rings. The minimum absolute atomic E-state index is 0.0322. The first-order valence-corrected chi connectivity index (χ1v) is 32.8. The van der Waals surface area contributed by atoms with Gasteiger partial charge in [0, 0.05) is 38.6 Å².